The summed E-state index contributed by atoms with van der Waals surface area (Å²) in [6.45, 7) is 0.452. The van der Waals surface area contributed by atoms with Crippen LogP contribution in [0.2, 0.25) is 0 Å². The Labute approximate surface area is 92.2 Å². The Balaban J connectivity index is 1.87. The van der Waals surface area contributed by atoms with Crippen LogP contribution >= 0.6 is 0 Å². The second kappa shape index (κ2) is 5.06. The van der Waals surface area contributed by atoms with Crippen molar-refractivity contribution >= 4 is 0 Å². The molecule has 0 bridgehead atoms. The number of aromatic nitrogens is 3. The van der Waals surface area contributed by atoms with Crippen LogP contribution in [0.4, 0.5) is 0 Å². The molecule has 1 N–H and O–H groups in total. The van der Waals surface area contributed by atoms with Gasteiger partial charge in [-0.3, -0.25) is 9.78 Å². The third-order valence-electron chi connectivity index (χ3n) is 1.99. The van der Waals surface area contributed by atoms with Gasteiger partial charge in [-0.1, -0.05) is 6.07 Å². The maximum absolute atomic E-state index is 10.9. The fraction of sp³-hybridized carbons (Fsp3) is 0.182. The summed E-state index contributed by atoms with van der Waals surface area (Å²) >= 11 is 0. The molecule has 0 amide bonds. The highest BCUT2D eigenvalue weighted by Crippen LogP contribution is 2.01. The maximum Gasteiger partial charge on any atom is 0.254 e. The molecule has 5 nitrogen and oxygen atoms in total. The van der Waals surface area contributed by atoms with Gasteiger partial charge in [-0.25, -0.2) is 4.98 Å². The van der Waals surface area contributed by atoms with Crippen molar-refractivity contribution < 1.29 is 4.74 Å². The molecule has 0 unspecified atom stereocenters. The van der Waals surface area contributed by atoms with Crippen LogP contribution in [0.3, 0.4) is 0 Å². The van der Waals surface area contributed by atoms with Crippen LogP contribution in [0.15, 0.2) is 41.6 Å². The van der Waals surface area contributed by atoms with Crippen molar-refractivity contribution in [3.05, 3.63) is 52.8 Å². The molecule has 0 saturated heterocycles. The van der Waals surface area contributed by atoms with E-state index in [0.29, 0.717) is 18.9 Å². The van der Waals surface area contributed by atoms with Gasteiger partial charge >= 0.3 is 0 Å². The van der Waals surface area contributed by atoms with Crippen molar-refractivity contribution in [1.82, 2.24) is 15.0 Å². The van der Waals surface area contributed by atoms with Crippen LogP contribution in [0.25, 0.3) is 0 Å². The minimum Gasteiger partial charge on any atom is -0.477 e. The molecule has 0 radical (unpaired) electrons. The van der Waals surface area contributed by atoms with E-state index in [1.165, 1.54) is 12.4 Å². The predicted octanol–water partition coefficient (Wildman–Crippen LogP) is 0.786. The van der Waals surface area contributed by atoms with Crippen molar-refractivity contribution in [2.75, 3.05) is 6.61 Å². The van der Waals surface area contributed by atoms with Gasteiger partial charge in [0.1, 0.15) is 0 Å². The molecular formula is C11H11N3O2. The lowest BCUT2D eigenvalue weighted by Crippen LogP contribution is -2.09. The topological polar surface area (TPSA) is 67.9 Å². The lowest BCUT2D eigenvalue weighted by Gasteiger charge is -2.03. The second-order valence-electron chi connectivity index (χ2n) is 3.17. The van der Waals surface area contributed by atoms with E-state index in [4.69, 9.17) is 4.74 Å². The Morgan fingerprint density at radius 3 is 3.00 bits per heavy atom. The molecule has 16 heavy (non-hydrogen) atoms. The fourth-order valence-electron chi connectivity index (χ4n) is 1.24. The van der Waals surface area contributed by atoms with Gasteiger partial charge in [0, 0.05) is 18.3 Å². The van der Waals surface area contributed by atoms with Crippen molar-refractivity contribution in [1.29, 1.82) is 0 Å². The molecule has 0 aliphatic heterocycles. The first-order valence-corrected chi connectivity index (χ1v) is 4.92. The quantitative estimate of drug-likeness (QED) is 0.822. The van der Waals surface area contributed by atoms with E-state index in [1.807, 2.05) is 18.2 Å². The first kappa shape index (κ1) is 10.4. The average Bonchev–Trinajstić information content (AvgIpc) is 2.30. The van der Waals surface area contributed by atoms with Crippen molar-refractivity contribution in [2.24, 2.45) is 0 Å². The molecule has 0 atom stereocenters. The molecule has 0 fully saturated rings. The standard InChI is InChI=1S/C11H11N3O2/c15-10-7-11(14-8-13-10)16-6-4-9-3-1-2-5-12-9/h1-3,5,7-8H,4,6H2,(H,13,14,15). The SMILES string of the molecule is O=c1cc(OCCc2ccccn2)nc[nH]1. The summed E-state index contributed by atoms with van der Waals surface area (Å²) in [5.41, 5.74) is 0.732. The van der Waals surface area contributed by atoms with Gasteiger partial charge in [-0.2, -0.15) is 0 Å². The van der Waals surface area contributed by atoms with Crippen LogP contribution in [-0.2, 0) is 6.42 Å². The summed E-state index contributed by atoms with van der Waals surface area (Å²) in [6.07, 6.45) is 3.74. The molecule has 2 rings (SSSR count). The van der Waals surface area contributed by atoms with E-state index in [1.54, 1.807) is 6.20 Å². The molecule has 0 spiro atoms. The number of hydrogen-bond donors (Lipinski definition) is 1. The lowest BCUT2D eigenvalue weighted by molar-refractivity contribution is 0.307. The number of hydrogen-bond acceptors (Lipinski definition) is 4. The zero-order valence-corrected chi connectivity index (χ0v) is 8.59. The summed E-state index contributed by atoms with van der Waals surface area (Å²) in [5.74, 6) is 0.333. The fourth-order valence-corrected chi connectivity index (χ4v) is 1.24. The highest BCUT2D eigenvalue weighted by atomic mass is 16.5. The monoisotopic (exact) mass is 217 g/mol. The normalized spacial score (nSPS) is 10.0. The van der Waals surface area contributed by atoms with Gasteiger partial charge in [-0.15, -0.1) is 0 Å². The average molecular weight is 217 g/mol. The Bertz CT molecular complexity index is 496. The largest absolute Gasteiger partial charge is 0.477 e. The van der Waals surface area contributed by atoms with E-state index in [2.05, 4.69) is 15.0 Å². The molecule has 2 heterocycles. The lowest BCUT2D eigenvalue weighted by atomic mass is 10.3. The molecular weight excluding hydrogens is 206 g/mol. The number of nitrogens with zero attached hydrogens (tertiary/aromatic N) is 2. The van der Waals surface area contributed by atoms with Crippen molar-refractivity contribution in [3.63, 3.8) is 0 Å². The predicted molar refractivity (Wildman–Crippen MR) is 58.3 cm³/mol. The Morgan fingerprint density at radius 1 is 1.31 bits per heavy atom. The van der Waals surface area contributed by atoms with Gasteiger partial charge in [0.05, 0.1) is 19.0 Å². The molecule has 82 valence electrons. The first-order valence-electron chi connectivity index (χ1n) is 4.92. The molecule has 0 aromatic carbocycles. The molecule has 0 saturated carbocycles. The number of nitrogens with one attached hydrogen (secondary N) is 1. The van der Waals surface area contributed by atoms with Gasteiger partial charge in [0.2, 0.25) is 5.88 Å². The molecule has 2 aromatic rings. The highest BCUT2D eigenvalue weighted by molar-refractivity contribution is 5.06. The van der Waals surface area contributed by atoms with Gasteiger partial charge in [-0.05, 0) is 12.1 Å². The Morgan fingerprint density at radius 2 is 2.25 bits per heavy atom. The van der Waals surface area contributed by atoms with E-state index in [-0.39, 0.29) is 5.56 Å². The van der Waals surface area contributed by atoms with E-state index < -0.39 is 0 Å². The van der Waals surface area contributed by atoms with Gasteiger partial charge < -0.3 is 9.72 Å². The Kier molecular flexibility index (Phi) is 3.28. The number of aromatic amines is 1. The highest BCUT2D eigenvalue weighted by Gasteiger charge is 1.97. The van der Waals surface area contributed by atoms with Gasteiger partial charge in [0.25, 0.3) is 5.56 Å². The summed E-state index contributed by atoms with van der Waals surface area (Å²) in [5, 5.41) is 0. The van der Waals surface area contributed by atoms with E-state index >= 15 is 0 Å². The van der Waals surface area contributed by atoms with Crippen LogP contribution in [-0.4, -0.2) is 21.6 Å². The third kappa shape index (κ3) is 2.91. The summed E-state index contributed by atoms with van der Waals surface area (Å²) in [4.78, 5) is 21.4. The number of ether oxygens (including phenoxy) is 1. The van der Waals surface area contributed by atoms with Crippen LogP contribution < -0.4 is 10.3 Å². The molecule has 2 aromatic heterocycles. The minimum atomic E-state index is -0.220. The molecule has 0 aliphatic rings. The first-order chi connectivity index (χ1) is 7.84. The number of rotatable bonds is 4. The van der Waals surface area contributed by atoms with E-state index in [9.17, 15) is 4.79 Å². The van der Waals surface area contributed by atoms with Crippen LogP contribution in [0.5, 0.6) is 5.88 Å². The third-order valence-corrected chi connectivity index (χ3v) is 1.99. The Hall–Kier alpha value is -2.17. The zero-order valence-electron chi connectivity index (χ0n) is 8.59. The summed E-state index contributed by atoms with van der Waals surface area (Å²) < 4.78 is 5.32. The summed E-state index contributed by atoms with van der Waals surface area (Å²) in [6, 6.07) is 7.03. The number of H-pyrrole nitrogens is 1. The smallest absolute Gasteiger partial charge is 0.254 e. The second-order valence-corrected chi connectivity index (χ2v) is 3.17. The minimum absolute atomic E-state index is 0.220. The number of pyridine rings is 1. The van der Waals surface area contributed by atoms with Crippen molar-refractivity contribution in [2.45, 2.75) is 6.42 Å². The van der Waals surface area contributed by atoms with E-state index in [0.717, 1.165) is 5.69 Å². The van der Waals surface area contributed by atoms with Crippen LogP contribution in [0.1, 0.15) is 5.69 Å². The molecule has 5 heteroatoms. The van der Waals surface area contributed by atoms with Gasteiger partial charge in [0.15, 0.2) is 0 Å². The molecule has 0 aliphatic carbocycles. The van der Waals surface area contributed by atoms with Crippen molar-refractivity contribution in [3.8, 4) is 5.88 Å². The zero-order chi connectivity index (χ0) is 11.2. The van der Waals surface area contributed by atoms with Crippen LogP contribution in [0, 0.1) is 0 Å². The maximum atomic E-state index is 10.9. The summed E-state index contributed by atoms with van der Waals surface area (Å²) in [7, 11) is 0.